The zero-order chi connectivity index (χ0) is 14.3. The maximum Gasteiger partial charge on any atom is 0.224 e. The number of aromatic nitrogens is 2. The minimum absolute atomic E-state index is 0.683. The van der Waals surface area contributed by atoms with E-state index in [4.69, 9.17) is 0 Å². The van der Waals surface area contributed by atoms with Gasteiger partial charge in [0.2, 0.25) is 5.95 Å². The zero-order valence-electron chi connectivity index (χ0n) is 13.0. The van der Waals surface area contributed by atoms with Gasteiger partial charge in [0.1, 0.15) is 5.82 Å². The smallest absolute Gasteiger partial charge is 0.224 e. The Morgan fingerprint density at radius 2 is 2.00 bits per heavy atom. The van der Waals surface area contributed by atoms with Crippen LogP contribution in [0.2, 0.25) is 0 Å². The van der Waals surface area contributed by atoms with E-state index in [1.54, 1.807) is 0 Å². The monoisotopic (exact) mass is 264 g/mol. The first-order chi connectivity index (χ1) is 9.10. The van der Waals surface area contributed by atoms with Crippen molar-refractivity contribution in [3.63, 3.8) is 0 Å². The van der Waals surface area contributed by atoms with Crippen LogP contribution in [0.1, 0.15) is 46.2 Å². The average molecular weight is 264 g/mol. The molecule has 0 amide bonds. The zero-order valence-corrected chi connectivity index (χ0v) is 13.0. The van der Waals surface area contributed by atoms with Crippen LogP contribution in [-0.4, -0.2) is 29.6 Å². The molecule has 0 spiro atoms. The van der Waals surface area contributed by atoms with Crippen molar-refractivity contribution in [2.24, 2.45) is 5.92 Å². The van der Waals surface area contributed by atoms with Gasteiger partial charge in [-0.25, -0.2) is 4.98 Å². The van der Waals surface area contributed by atoms with Crippen molar-refractivity contribution >= 4 is 11.8 Å². The van der Waals surface area contributed by atoms with Gasteiger partial charge in [-0.3, -0.25) is 0 Å². The molecule has 4 heteroatoms. The normalized spacial score (nSPS) is 12.3. The molecule has 4 nitrogen and oxygen atoms in total. The minimum Gasteiger partial charge on any atom is -0.356 e. The first kappa shape index (κ1) is 15.7. The van der Waals surface area contributed by atoms with Crippen molar-refractivity contribution in [1.29, 1.82) is 0 Å². The lowest BCUT2D eigenvalue weighted by Gasteiger charge is -2.25. The molecular weight excluding hydrogens is 236 g/mol. The third-order valence-corrected chi connectivity index (χ3v) is 3.31. The molecule has 0 aliphatic carbocycles. The van der Waals surface area contributed by atoms with Crippen molar-refractivity contribution < 1.29 is 0 Å². The molecule has 0 fully saturated rings. The van der Waals surface area contributed by atoms with E-state index in [0.29, 0.717) is 5.92 Å². The van der Waals surface area contributed by atoms with Gasteiger partial charge in [0.15, 0.2) is 0 Å². The Labute approximate surface area is 117 Å². The van der Waals surface area contributed by atoms with E-state index in [2.05, 4.69) is 53.9 Å². The lowest BCUT2D eigenvalue weighted by molar-refractivity contribution is 0.545. The summed E-state index contributed by atoms with van der Waals surface area (Å²) in [6, 6.07) is 2.07. The first-order valence-corrected chi connectivity index (χ1v) is 7.45. The molecule has 1 N–H and O–H groups in total. The molecule has 0 saturated heterocycles. The van der Waals surface area contributed by atoms with Crippen LogP contribution in [-0.2, 0) is 0 Å². The summed E-state index contributed by atoms with van der Waals surface area (Å²) in [6.07, 6.45) is 2.28. The van der Waals surface area contributed by atoms with E-state index in [1.807, 2.05) is 6.92 Å². The van der Waals surface area contributed by atoms with E-state index < -0.39 is 0 Å². The molecule has 0 bridgehead atoms. The van der Waals surface area contributed by atoms with Crippen LogP contribution in [0.25, 0.3) is 0 Å². The molecule has 1 aromatic rings. The highest BCUT2D eigenvalue weighted by atomic mass is 15.2. The lowest BCUT2D eigenvalue weighted by atomic mass is 10.1. The van der Waals surface area contributed by atoms with Crippen LogP contribution in [0.4, 0.5) is 11.8 Å². The molecule has 1 atom stereocenters. The number of hydrogen-bond acceptors (Lipinski definition) is 4. The predicted octanol–water partition coefficient (Wildman–Crippen LogP) is 3.48. The molecule has 1 unspecified atom stereocenters. The van der Waals surface area contributed by atoms with Crippen molar-refractivity contribution in [1.82, 2.24) is 9.97 Å². The molecule has 1 rings (SSSR count). The summed E-state index contributed by atoms with van der Waals surface area (Å²) >= 11 is 0. The molecular formula is C15H28N4. The molecule has 0 aliphatic heterocycles. The first-order valence-electron chi connectivity index (χ1n) is 7.45. The second-order valence-electron chi connectivity index (χ2n) is 5.17. The Hall–Kier alpha value is -1.32. The Balaban J connectivity index is 2.86. The molecule has 0 aliphatic rings. The summed E-state index contributed by atoms with van der Waals surface area (Å²) in [5.74, 6) is 2.47. The summed E-state index contributed by atoms with van der Waals surface area (Å²) in [4.78, 5) is 11.4. The summed E-state index contributed by atoms with van der Waals surface area (Å²) in [5.41, 5.74) is 1.02. The summed E-state index contributed by atoms with van der Waals surface area (Å²) < 4.78 is 0. The SMILES string of the molecule is CCCNc1nc(C)cc(N(CC)CC(C)CC)n1. The third-order valence-electron chi connectivity index (χ3n) is 3.31. The summed E-state index contributed by atoms with van der Waals surface area (Å²) in [7, 11) is 0. The number of anilines is 2. The number of aryl methyl sites for hydroxylation is 1. The van der Waals surface area contributed by atoms with Crippen LogP contribution < -0.4 is 10.2 Å². The minimum atomic E-state index is 0.683. The van der Waals surface area contributed by atoms with Crippen LogP contribution in [0, 0.1) is 12.8 Å². The van der Waals surface area contributed by atoms with Gasteiger partial charge in [-0.05, 0) is 26.2 Å². The van der Waals surface area contributed by atoms with Gasteiger partial charge in [-0.1, -0.05) is 27.2 Å². The van der Waals surface area contributed by atoms with Gasteiger partial charge in [0.05, 0.1) is 0 Å². The fourth-order valence-electron chi connectivity index (χ4n) is 1.92. The topological polar surface area (TPSA) is 41.1 Å². The van der Waals surface area contributed by atoms with Crippen LogP contribution >= 0.6 is 0 Å². The van der Waals surface area contributed by atoms with Crippen molar-refractivity contribution in [2.45, 2.75) is 47.5 Å². The number of rotatable bonds is 8. The van der Waals surface area contributed by atoms with Crippen molar-refractivity contribution in [2.75, 3.05) is 29.9 Å². The highest BCUT2D eigenvalue weighted by Gasteiger charge is 2.11. The van der Waals surface area contributed by atoms with Gasteiger partial charge < -0.3 is 10.2 Å². The van der Waals surface area contributed by atoms with Gasteiger partial charge in [0.25, 0.3) is 0 Å². The van der Waals surface area contributed by atoms with E-state index >= 15 is 0 Å². The van der Waals surface area contributed by atoms with Crippen molar-refractivity contribution in [3.05, 3.63) is 11.8 Å². The Morgan fingerprint density at radius 3 is 2.58 bits per heavy atom. The fourth-order valence-corrected chi connectivity index (χ4v) is 1.92. The third kappa shape index (κ3) is 5.05. The molecule has 108 valence electrons. The van der Waals surface area contributed by atoms with Gasteiger partial charge in [-0.2, -0.15) is 4.98 Å². The van der Waals surface area contributed by atoms with E-state index in [1.165, 1.54) is 6.42 Å². The van der Waals surface area contributed by atoms with Crippen LogP contribution in [0.15, 0.2) is 6.07 Å². The predicted molar refractivity (Wildman–Crippen MR) is 82.9 cm³/mol. The van der Waals surface area contributed by atoms with Gasteiger partial charge in [0, 0.05) is 31.4 Å². The Bertz CT molecular complexity index is 378. The number of hydrogen-bond donors (Lipinski definition) is 1. The molecule has 0 radical (unpaired) electrons. The molecule has 19 heavy (non-hydrogen) atoms. The standard InChI is InChI=1S/C15H28N4/c1-6-9-16-15-17-13(5)10-14(18-15)19(8-3)11-12(4)7-2/h10,12H,6-9,11H2,1-5H3,(H,16,17,18). The molecule has 0 saturated carbocycles. The highest BCUT2D eigenvalue weighted by molar-refractivity contribution is 5.44. The van der Waals surface area contributed by atoms with Crippen LogP contribution in [0.5, 0.6) is 0 Å². The van der Waals surface area contributed by atoms with Gasteiger partial charge >= 0.3 is 0 Å². The van der Waals surface area contributed by atoms with Crippen LogP contribution in [0.3, 0.4) is 0 Å². The van der Waals surface area contributed by atoms with Gasteiger partial charge in [-0.15, -0.1) is 0 Å². The maximum absolute atomic E-state index is 4.63. The second-order valence-corrected chi connectivity index (χ2v) is 5.17. The lowest BCUT2D eigenvalue weighted by Crippen LogP contribution is -2.29. The number of nitrogens with zero attached hydrogens (tertiary/aromatic N) is 3. The quantitative estimate of drug-likeness (QED) is 0.780. The molecule has 1 heterocycles. The average Bonchev–Trinajstić information content (AvgIpc) is 2.41. The number of nitrogens with one attached hydrogen (secondary N) is 1. The molecule has 1 aromatic heterocycles. The summed E-state index contributed by atoms with van der Waals surface area (Å²) in [6.45, 7) is 13.8. The molecule has 0 aromatic carbocycles. The van der Waals surface area contributed by atoms with E-state index in [0.717, 1.165) is 43.5 Å². The Morgan fingerprint density at radius 1 is 1.26 bits per heavy atom. The summed E-state index contributed by atoms with van der Waals surface area (Å²) in [5, 5.41) is 3.27. The second kappa shape index (κ2) is 7.97. The van der Waals surface area contributed by atoms with Crippen molar-refractivity contribution in [3.8, 4) is 0 Å². The van der Waals surface area contributed by atoms with E-state index in [-0.39, 0.29) is 0 Å². The maximum atomic E-state index is 4.63. The fraction of sp³-hybridized carbons (Fsp3) is 0.733. The largest absolute Gasteiger partial charge is 0.356 e. The Kier molecular flexibility index (Phi) is 6.60. The van der Waals surface area contributed by atoms with E-state index in [9.17, 15) is 0 Å². The highest BCUT2D eigenvalue weighted by Crippen LogP contribution is 2.17.